The van der Waals surface area contributed by atoms with Crippen molar-refractivity contribution in [1.82, 2.24) is 9.88 Å². The van der Waals surface area contributed by atoms with E-state index in [4.69, 9.17) is 0 Å². The predicted molar refractivity (Wildman–Crippen MR) is 88.3 cm³/mol. The van der Waals surface area contributed by atoms with Crippen LogP contribution in [0.1, 0.15) is 10.5 Å². The Balaban J connectivity index is 1.66. The van der Waals surface area contributed by atoms with Gasteiger partial charge in [-0.25, -0.2) is 13.8 Å². The molecule has 24 heavy (non-hydrogen) atoms. The number of piperazine rings is 1. The van der Waals surface area contributed by atoms with E-state index >= 15 is 0 Å². The van der Waals surface area contributed by atoms with Gasteiger partial charge in [0.1, 0.15) is 5.69 Å². The Morgan fingerprint density at radius 1 is 1.08 bits per heavy atom. The molecule has 0 aliphatic carbocycles. The zero-order valence-corrected chi connectivity index (χ0v) is 13.3. The summed E-state index contributed by atoms with van der Waals surface area (Å²) in [7, 11) is 2.08. The number of halogens is 2. The molecule has 1 aliphatic rings. The summed E-state index contributed by atoms with van der Waals surface area (Å²) in [4.78, 5) is 20.8. The van der Waals surface area contributed by atoms with Crippen molar-refractivity contribution < 1.29 is 13.6 Å². The SMILES string of the molecule is CN1CCN(c2ccc(C(=O)Nc3ccc(F)c(F)c3)nc2)CC1. The molecule has 0 atom stereocenters. The highest BCUT2D eigenvalue weighted by molar-refractivity contribution is 6.02. The molecule has 5 nitrogen and oxygen atoms in total. The van der Waals surface area contributed by atoms with Crippen molar-refractivity contribution in [2.45, 2.75) is 0 Å². The molecule has 7 heteroatoms. The highest BCUT2D eigenvalue weighted by Gasteiger charge is 2.15. The van der Waals surface area contributed by atoms with Crippen molar-refractivity contribution in [3.8, 4) is 0 Å². The number of aromatic nitrogens is 1. The van der Waals surface area contributed by atoms with E-state index in [0.717, 1.165) is 44.0 Å². The van der Waals surface area contributed by atoms with Gasteiger partial charge >= 0.3 is 0 Å². The number of amides is 1. The number of likely N-dealkylation sites (N-methyl/N-ethyl adjacent to an activating group) is 1. The molecular weight excluding hydrogens is 314 g/mol. The fourth-order valence-electron chi connectivity index (χ4n) is 2.54. The van der Waals surface area contributed by atoms with Gasteiger partial charge in [-0.3, -0.25) is 4.79 Å². The lowest BCUT2D eigenvalue weighted by Gasteiger charge is -2.33. The van der Waals surface area contributed by atoms with Crippen LogP contribution in [0.5, 0.6) is 0 Å². The Kier molecular flexibility index (Phi) is 4.71. The summed E-state index contributed by atoms with van der Waals surface area (Å²) in [5.74, 6) is -2.43. The molecule has 1 saturated heterocycles. The Morgan fingerprint density at radius 2 is 1.83 bits per heavy atom. The van der Waals surface area contributed by atoms with Crippen molar-refractivity contribution in [1.29, 1.82) is 0 Å². The number of carbonyl (C=O) groups is 1. The standard InChI is InChI=1S/C17H18F2N4O/c1-22-6-8-23(9-7-22)13-3-5-16(20-11-13)17(24)21-12-2-4-14(18)15(19)10-12/h2-5,10-11H,6-9H2,1H3,(H,21,24). The van der Waals surface area contributed by atoms with Gasteiger partial charge in [-0.1, -0.05) is 0 Å². The molecule has 1 amide bonds. The first kappa shape index (κ1) is 16.3. The summed E-state index contributed by atoms with van der Waals surface area (Å²) < 4.78 is 26.1. The second-order valence-corrected chi connectivity index (χ2v) is 5.77. The Bertz CT molecular complexity index is 728. The van der Waals surface area contributed by atoms with Crippen LogP contribution in [0.15, 0.2) is 36.5 Å². The Morgan fingerprint density at radius 3 is 2.46 bits per heavy atom. The molecule has 1 aliphatic heterocycles. The van der Waals surface area contributed by atoms with Gasteiger partial charge in [0.05, 0.1) is 11.9 Å². The third-order valence-corrected chi connectivity index (χ3v) is 4.03. The first-order chi connectivity index (χ1) is 11.5. The molecule has 0 unspecified atom stereocenters. The second kappa shape index (κ2) is 6.92. The normalized spacial score (nSPS) is 15.4. The number of nitrogens with one attached hydrogen (secondary N) is 1. The molecule has 0 bridgehead atoms. The van der Waals surface area contributed by atoms with Crippen LogP contribution in [-0.2, 0) is 0 Å². The van der Waals surface area contributed by atoms with E-state index in [1.807, 2.05) is 6.07 Å². The van der Waals surface area contributed by atoms with Crippen LogP contribution in [0.2, 0.25) is 0 Å². The fraction of sp³-hybridized carbons (Fsp3) is 0.294. The third kappa shape index (κ3) is 3.68. The van der Waals surface area contributed by atoms with Crippen LogP contribution in [0.4, 0.5) is 20.2 Å². The number of pyridine rings is 1. The topological polar surface area (TPSA) is 48.5 Å². The number of carbonyl (C=O) groups excluding carboxylic acids is 1. The molecule has 2 heterocycles. The number of hydrogen-bond acceptors (Lipinski definition) is 4. The van der Waals surface area contributed by atoms with Crippen LogP contribution >= 0.6 is 0 Å². The van der Waals surface area contributed by atoms with Gasteiger partial charge in [0.2, 0.25) is 0 Å². The smallest absolute Gasteiger partial charge is 0.274 e. The van der Waals surface area contributed by atoms with Gasteiger partial charge in [-0.15, -0.1) is 0 Å². The van der Waals surface area contributed by atoms with Crippen molar-refractivity contribution in [2.75, 3.05) is 43.4 Å². The lowest BCUT2D eigenvalue weighted by molar-refractivity contribution is 0.102. The van der Waals surface area contributed by atoms with Gasteiger partial charge < -0.3 is 15.1 Å². The molecule has 1 N–H and O–H groups in total. The first-order valence-corrected chi connectivity index (χ1v) is 7.69. The zero-order chi connectivity index (χ0) is 17.1. The molecule has 2 aromatic rings. The van der Waals surface area contributed by atoms with E-state index in [2.05, 4.69) is 27.1 Å². The molecule has 0 saturated carbocycles. The van der Waals surface area contributed by atoms with Crippen LogP contribution in [-0.4, -0.2) is 49.0 Å². The van der Waals surface area contributed by atoms with E-state index in [-0.39, 0.29) is 11.4 Å². The van der Waals surface area contributed by atoms with Crippen LogP contribution in [0.3, 0.4) is 0 Å². The lowest BCUT2D eigenvalue weighted by Crippen LogP contribution is -2.44. The lowest BCUT2D eigenvalue weighted by atomic mass is 10.2. The molecule has 126 valence electrons. The summed E-state index contributed by atoms with van der Waals surface area (Å²) in [6.45, 7) is 3.80. The first-order valence-electron chi connectivity index (χ1n) is 7.69. The minimum Gasteiger partial charge on any atom is -0.368 e. The van der Waals surface area contributed by atoms with Crippen LogP contribution in [0.25, 0.3) is 0 Å². The quantitative estimate of drug-likeness (QED) is 0.937. The van der Waals surface area contributed by atoms with Gasteiger partial charge in [-0.2, -0.15) is 0 Å². The average molecular weight is 332 g/mol. The van der Waals surface area contributed by atoms with Crippen molar-refractivity contribution in [2.24, 2.45) is 0 Å². The van der Waals surface area contributed by atoms with Gasteiger partial charge in [0, 0.05) is 37.9 Å². The minimum atomic E-state index is -1.01. The number of nitrogens with zero attached hydrogens (tertiary/aromatic N) is 3. The molecule has 1 fully saturated rings. The molecule has 3 rings (SSSR count). The zero-order valence-electron chi connectivity index (χ0n) is 13.3. The summed E-state index contributed by atoms with van der Waals surface area (Å²) >= 11 is 0. The number of anilines is 2. The van der Waals surface area contributed by atoms with Crippen molar-refractivity contribution in [3.05, 3.63) is 53.9 Å². The number of hydrogen-bond donors (Lipinski definition) is 1. The maximum Gasteiger partial charge on any atom is 0.274 e. The fourth-order valence-corrected chi connectivity index (χ4v) is 2.54. The van der Waals surface area contributed by atoms with E-state index in [1.165, 1.54) is 6.07 Å². The summed E-state index contributed by atoms with van der Waals surface area (Å²) in [6, 6.07) is 6.68. The maximum atomic E-state index is 13.2. The van der Waals surface area contributed by atoms with E-state index < -0.39 is 17.5 Å². The third-order valence-electron chi connectivity index (χ3n) is 4.03. The second-order valence-electron chi connectivity index (χ2n) is 5.77. The number of rotatable bonds is 3. The van der Waals surface area contributed by atoms with Gasteiger partial charge in [0.25, 0.3) is 5.91 Å². The molecule has 1 aromatic heterocycles. The number of benzene rings is 1. The predicted octanol–water partition coefficient (Wildman–Crippen LogP) is 2.36. The summed E-state index contributed by atoms with van der Waals surface area (Å²) in [5, 5.41) is 2.50. The van der Waals surface area contributed by atoms with Crippen LogP contribution < -0.4 is 10.2 Å². The van der Waals surface area contributed by atoms with Gasteiger partial charge in [-0.05, 0) is 31.3 Å². The van der Waals surface area contributed by atoms with E-state index in [1.54, 1.807) is 12.3 Å². The van der Waals surface area contributed by atoms with Crippen molar-refractivity contribution in [3.63, 3.8) is 0 Å². The molecular formula is C17H18F2N4O. The highest BCUT2D eigenvalue weighted by atomic mass is 19.2. The Labute approximate surface area is 138 Å². The van der Waals surface area contributed by atoms with Crippen LogP contribution in [0, 0.1) is 11.6 Å². The molecule has 0 radical (unpaired) electrons. The van der Waals surface area contributed by atoms with E-state index in [0.29, 0.717) is 0 Å². The largest absolute Gasteiger partial charge is 0.368 e. The highest BCUT2D eigenvalue weighted by Crippen LogP contribution is 2.17. The minimum absolute atomic E-state index is 0.184. The molecule has 1 aromatic carbocycles. The monoisotopic (exact) mass is 332 g/mol. The van der Waals surface area contributed by atoms with Gasteiger partial charge in [0.15, 0.2) is 11.6 Å². The maximum absolute atomic E-state index is 13.2. The molecule has 0 spiro atoms. The summed E-state index contributed by atoms with van der Waals surface area (Å²) in [6.07, 6.45) is 1.66. The van der Waals surface area contributed by atoms with Crippen molar-refractivity contribution >= 4 is 17.3 Å². The summed E-state index contributed by atoms with van der Waals surface area (Å²) in [5.41, 5.74) is 1.37. The average Bonchev–Trinajstić information content (AvgIpc) is 2.59. The van der Waals surface area contributed by atoms with E-state index in [9.17, 15) is 13.6 Å². The Hall–Kier alpha value is -2.54.